The molecular weight excluding hydrogens is 322 g/mol. The van der Waals surface area contributed by atoms with Crippen LogP contribution in [0.3, 0.4) is 0 Å². The molecule has 2 heterocycles. The fourth-order valence-electron chi connectivity index (χ4n) is 2.73. The van der Waals surface area contributed by atoms with E-state index in [9.17, 15) is 4.79 Å². The van der Waals surface area contributed by atoms with Crippen molar-refractivity contribution in [2.24, 2.45) is 0 Å². The second-order valence-electron chi connectivity index (χ2n) is 5.91. The van der Waals surface area contributed by atoms with Crippen molar-refractivity contribution in [1.82, 2.24) is 19.9 Å². The summed E-state index contributed by atoms with van der Waals surface area (Å²) in [4.78, 5) is 20.6. The molecule has 1 aliphatic rings. The van der Waals surface area contributed by atoms with Crippen molar-refractivity contribution in [1.29, 1.82) is 5.26 Å². The lowest BCUT2D eigenvalue weighted by molar-refractivity contribution is -0.136. The lowest BCUT2D eigenvalue weighted by atomic mass is 10.1. The second-order valence-corrected chi connectivity index (χ2v) is 5.91. The lowest BCUT2D eigenvalue weighted by Crippen LogP contribution is -2.50. The van der Waals surface area contributed by atoms with Gasteiger partial charge in [-0.2, -0.15) is 10.2 Å². The third kappa shape index (κ3) is 3.78. The van der Waals surface area contributed by atoms with Gasteiger partial charge in [0, 0.05) is 19.6 Å². The highest BCUT2D eigenvalue weighted by Crippen LogP contribution is 2.23. The summed E-state index contributed by atoms with van der Waals surface area (Å²) in [5.41, 5.74) is 0.410. The Labute approximate surface area is 145 Å². The molecule has 3 rings (SSSR count). The number of amides is 1. The first-order chi connectivity index (χ1) is 12.1. The molecule has 8 nitrogen and oxygen atoms in total. The zero-order chi connectivity index (χ0) is 17.8. The molecule has 0 spiro atoms. The highest BCUT2D eigenvalue weighted by molar-refractivity contribution is 5.78. The third-order valence-corrected chi connectivity index (χ3v) is 4.19. The predicted octanol–water partition coefficient (Wildman–Crippen LogP) is 1.14. The number of rotatable bonds is 4. The van der Waals surface area contributed by atoms with Crippen molar-refractivity contribution in [2.45, 2.75) is 13.0 Å². The summed E-state index contributed by atoms with van der Waals surface area (Å²) in [6, 6.07) is 8.78. The van der Waals surface area contributed by atoms with Crippen LogP contribution in [0.2, 0.25) is 0 Å². The summed E-state index contributed by atoms with van der Waals surface area (Å²) < 4.78 is 10.8. The fraction of sp³-hybridized carbons (Fsp3) is 0.412. The first-order valence-electron chi connectivity index (χ1n) is 7.98. The molecule has 0 N–H and O–H groups in total. The van der Waals surface area contributed by atoms with Crippen molar-refractivity contribution in [3.8, 4) is 11.8 Å². The largest absolute Gasteiger partial charge is 0.482 e. The van der Waals surface area contributed by atoms with E-state index < -0.39 is 0 Å². The Morgan fingerprint density at radius 2 is 2.24 bits per heavy atom. The molecule has 0 radical (unpaired) electrons. The molecule has 1 atom stereocenters. The average Bonchev–Trinajstić information content (AvgIpc) is 3.06. The number of nitriles is 1. The van der Waals surface area contributed by atoms with Crippen LogP contribution >= 0.6 is 0 Å². The van der Waals surface area contributed by atoms with Crippen molar-refractivity contribution in [2.75, 3.05) is 33.3 Å². The summed E-state index contributed by atoms with van der Waals surface area (Å²) in [7, 11) is 1.96. The van der Waals surface area contributed by atoms with Gasteiger partial charge in [0.1, 0.15) is 17.9 Å². The molecule has 130 valence electrons. The van der Waals surface area contributed by atoms with Crippen LogP contribution in [0.5, 0.6) is 5.75 Å². The van der Waals surface area contributed by atoms with Gasteiger partial charge in [0.15, 0.2) is 12.4 Å². The number of ether oxygens (including phenoxy) is 1. The van der Waals surface area contributed by atoms with E-state index in [0.29, 0.717) is 42.7 Å². The maximum Gasteiger partial charge on any atom is 0.260 e. The van der Waals surface area contributed by atoms with E-state index in [1.807, 2.05) is 7.05 Å². The minimum absolute atomic E-state index is 0.113. The molecule has 25 heavy (non-hydrogen) atoms. The molecule has 0 bridgehead atoms. The summed E-state index contributed by atoms with van der Waals surface area (Å²) in [6.45, 7) is 3.41. The normalized spacial score (nSPS) is 18.0. The number of piperazine rings is 1. The van der Waals surface area contributed by atoms with Crippen molar-refractivity contribution in [3.05, 3.63) is 41.5 Å². The van der Waals surface area contributed by atoms with Crippen molar-refractivity contribution >= 4 is 5.91 Å². The average molecular weight is 341 g/mol. The monoisotopic (exact) mass is 341 g/mol. The minimum atomic E-state index is -0.137. The van der Waals surface area contributed by atoms with Gasteiger partial charge in [0.2, 0.25) is 5.89 Å². The van der Waals surface area contributed by atoms with Crippen molar-refractivity contribution in [3.63, 3.8) is 0 Å². The van der Waals surface area contributed by atoms with E-state index in [-0.39, 0.29) is 18.6 Å². The Morgan fingerprint density at radius 1 is 1.44 bits per heavy atom. The molecular formula is C17H19N5O3. The molecule has 0 unspecified atom stereocenters. The Bertz CT molecular complexity index is 798. The van der Waals surface area contributed by atoms with E-state index >= 15 is 0 Å². The number of aryl methyl sites for hydroxylation is 1. The molecule has 1 fully saturated rings. The van der Waals surface area contributed by atoms with E-state index in [4.69, 9.17) is 14.5 Å². The number of hydrogen-bond acceptors (Lipinski definition) is 7. The van der Waals surface area contributed by atoms with Crippen LogP contribution in [-0.4, -0.2) is 59.1 Å². The van der Waals surface area contributed by atoms with Gasteiger partial charge in [0.25, 0.3) is 5.91 Å². The van der Waals surface area contributed by atoms with Gasteiger partial charge in [0.05, 0.1) is 5.56 Å². The molecule has 1 aliphatic heterocycles. The number of carbonyl (C=O) groups excluding carboxylic acids is 1. The number of benzene rings is 1. The first kappa shape index (κ1) is 16.9. The molecule has 0 saturated carbocycles. The highest BCUT2D eigenvalue weighted by Gasteiger charge is 2.32. The van der Waals surface area contributed by atoms with Crippen LogP contribution in [0.15, 0.2) is 28.8 Å². The maximum atomic E-state index is 12.5. The third-order valence-electron chi connectivity index (χ3n) is 4.19. The number of likely N-dealkylation sites (N-methyl/N-ethyl adjacent to an activating group) is 1. The van der Waals surface area contributed by atoms with E-state index in [0.717, 1.165) is 0 Å². The quantitative estimate of drug-likeness (QED) is 0.823. The summed E-state index contributed by atoms with van der Waals surface area (Å²) in [5, 5.41) is 12.9. The number of nitrogens with zero attached hydrogens (tertiary/aromatic N) is 5. The Kier molecular flexibility index (Phi) is 4.95. The predicted molar refractivity (Wildman–Crippen MR) is 87.6 cm³/mol. The summed E-state index contributed by atoms with van der Waals surface area (Å²) in [6.07, 6.45) is 0. The fourth-order valence-corrected chi connectivity index (χ4v) is 2.73. The zero-order valence-corrected chi connectivity index (χ0v) is 14.2. The van der Waals surface area contributed by atoms with Gasteiger partial charge in [-0.15, -0.1) is 0 Å². The van der Waals surface area contributed by atoms with Gasteiger partial charge >= 0.3 is 0 Å². The van der Waals surface area contributed by atoms with Crippen LogP contribution in [0.4, 0.5) is 0 Å². The van der Waals surface area contributed by atoms with E-state index in [1.54, 1.807) is 36.1 Å². The lowest BCUT2D eigenvalue weighted by Gasteiger charge is -2.37. The van der Waals surface area contributed by atoms with Crippen LogP contribution in [0.1, 0.15) is 23.3 Å². The Morgan fingerprint density at radius 3 is 2.96 bits per heavy atom. The van der Waals surface area contributed by atoms with Gasteiger partial charge in [-0.25, -0.2) is 0 Å². The van der Waals surface area contributed by atoms with Gasteiger partial charge in [-0.1, -0.05) is 17.3 Å². The number of hydrogen-bond donors (Lipinski definition) is 0. The minimum Gasteiger partial charge on any atom is -0.482 e. The summed E-state index contributed by atoms with van der Waals surface area (Å²) >= 11 is 0. The molecule has 1 aromatic heterocycles. The van der Waals surface area contributed by atoms with Gasteiger partial charge < -0.3 is 14.2 Å². The Hall–Kier alpha value is -2.92. The zero-order valence-electron chi connectivity index (χ0n) is 14.2. The van der Waals surface area contributed by atoms with E-state index in [1.165, 1.54) is 0 Å². The van der Waals surface area contributed by atoms with Gasteiger partial charge in [-0.05, 0) is 26.1 Å². The van der Waals surface area contributed by atoms with Crippen molar-refractivity contribution < 1.29 is 14.1 Å². The number of aromatic nitrogens is 2. The Balaban J connectivity index is 1.63. The molecule has 1 aromatic carbocycles. The topological polar surface area (TPSA) is 95.5 Å². The highest BCUT2D eigenvalue weighted by atomic mass is 16.5. The number of carbonyl (C=O) groups is 1. The van der Waals surface area contributed by atoms with Crippen LogP contribution in [0.25, 0.3) is 0 Å². The molecule has 1 saturated heterocycles. The molecule has 0 aliphatic carbocycles. The van der Waals surface area contributed by atoms with Crippen LogP contribution in [0, 0.1) is 18.3 Å². The molecule has 2 aromatic rings. The van der Waals surface area contributed by atoms with Crippen LogP contribution in [-0.2, 0) is 4.79 Å². The van der Waals surface area contributed by atoms with E-state index in [2.05, 4.69) is 21.1 Å². The molecule has 1 amide bonds. The van der Waals surface area contributed by atoms with Crippen LogP contribution < -0.4 is 4.74 Å². The maximum absolute atomic E-state index is 12.5. The SMILES string of the molecule is Cc1noc([C@H]2CN(C(=O)COc3ccccc3C#N)CCN2C)n1. The number of para-hydroxylation sites is 1. The first-order valence-corrected chi connectivity index (χ1v) is 7.98. The molecule has 8 heteroatoms. The standard InChI is InChI=1S/C17H19N5O3/c1-12-19-17(25-20-12)14-10-22(8-7-21(14)2)16(23)11-24-15-6-4-3-5-13(15)9-18/h3-6,14H,7-8,10-11H2,1-2H3/t14-/m1/s1. The smallest absolute Gasteiger partial charge is 0.260 e. The second kappa shape index (κ2) is 7.32. The summed E-state index contributed by atoms with van der Waals surface area (Å²) in [5.74, 6) is 1.36. The van der Waals surface area contributed by atoms with Gasteiger partial charge in [-0.3, -0.25) is 9.69 Å².